The zero-order valence-corrected chi connectivity index (χ0v) is 12.9. The van der Waals surface area contributed by atoms with Gasteiger partial charge < -0.3 is 15.2 Å². The molecule has 0 saturated carbocycles. The van der Waals surface area contributed by atoms with Crippen LogP contribution in [-0.4, -0.2) is 12.6 Å². The van der Waals surface area contributed by atoms with Crippen molar-refractivity contribution in [2.24, 2.45) is 11.1 Å². The Bertz CT molecular complexity index is 544. The van der Waals surface area contributed by atoms with Crippen LogP contribution in [0.1, 0.15) is 20.8 Å². The van der Waals surface area contributed by atoms with E-state index in [1.165, 1.54) is 0 Å². The Balaban J connectivity index is 2.02. The molecule has 2 rings (SSSR count). The fraction of sp³-hybridized carbons (Fsp3) is 0.333. The lowest BCUT2D eigenvalue weighted by Gasteiger charge is -2.30. The van der Waals surface area contributed by atoms with Gasteiger partial charge in [0, 0.05) is 12.0 Å². The van der Waals surface area contributed by atoms with Crippen LogP contribution in [0.25, 0.3) is 0 Å². The fourth-order valence-electron chi connectivity index (χ4n) is 1.95. The number of hydrogen-bond donors (Lipinski definition) is 1. The third kappa shape index (κ3) is 4.50. The zero-order chi connectivity index (χ0) is 15.3. The van der Waals surface area contributed by atoms with Crippen molar-refractivity contribution in [1.29, 1.82) is 0 Å². The van der Waals surface area contributed by atoms with E-state index < -0.39 is 0 Å². The molecule has 1 atom stereocenters. The van der Waals surface area contributed by atoms with Crippen molar-refractivity contribution in [2.75, 3.05) is 6.54 Å². The maximum Gasteiger partial charge on any atom is 0.127 e. The van der Waals surface area contributed by atoms with Crippen molar-refractivity contribution < 1.29 is 9.47 Å². The highest BCUT2D eigenvalue weighted by molar-refractivity contribution is 5.35. The molecule has 0 fully saturated rings. The fourth-order valence-corrected chi connectivity index (χ4v) is 1.95. The van der Waals surface area contributed by atoms with Gasteiger partial charge in [-0.25, -0.2) is 0 Å². The molecule has 0 bridgehead atoms. The minimum atomic E-state index is -0.0154. The summed E-state index contributed by atoms with van der Waals surface area (Å²) in [4.78, 5) is 0. The second-order valence-corrected chi connectivity index (χ2v) is 6.09. The van der Waals surface area contributed by atoms with E-state index in [1.54, 1.807) is 0 Å². The van der Waals surface area contributed by atoms with Crippen LogP contribution in [-0.2, 0) is 0 Å². The lowest BCUT2D eigenvalue weighted by atomic mass is 9.89. The number of ether oxygens (including phenoxy) is 2. The quantitative estimate of drug-likeness (QED) is 0.894. The summed E-state index contributed by atoms with van der Waals surface area (Å²) in [7, 11) is 0. The first kappa shape index (κ1) is 15.4. The number of benzene rings is 2. The second kappa shape index (κ2) is 6.64. The second-order valence-electron chi connectivity index (χ2n) is 6.09. The number of rotatable bonds is 5. The van der Waals surface area contributed by atoms with Crippen LogP contribution in [0.5, 0.6) is 17.2 Å². The van der Waals surface area contributed by atoms with Crippen LogP contribution in [0.2, 0.25) is 0 Å². The average molecular weight is 285 g/mol. The van der Waals surface area contributed by atoms with Gasteiger partial charge in [0.1, 0.15) is 23.4 Å². The van der Waals surface area contributed by atoms with E-state index in [-0.39, 0.29) is 11.5 Å². The summed E-state index contributed by atoms with van der Waals surface area (Å²) in [6.45, 7) is 6.86. The molecule has 0 aromatic heterocycles. The molecule has 3 heteroatoms. The van der Waals surface area contributed by atoms with Gasteiger partial charge in [0.15, 0.2) is 0 Å². The molecule has 0 amide bonds. The van der Waals surface area contributed by atoms with Gasteiger partial charge in [-0.2, -0.15) is 0 Å². The molecule has 3 nitrogen and oxygen atoms in total. The molecule has 0 aliphatic carbocycles. The number of para-hydroxylation sites is 1. The van der Waals surface area contributed by atoms with Crippen molar-refractivity contribution in [1.82, 2.24) is 0 Å². The van der Waals surface area contributed by atoms with Crippen LogP contribution in [0.4, 0.5) is 0 Å². The van der Waals surface area contributed by atoms with Crippen LogP contribution in [0.15, 0.2) is 54.6 Å². The highest BCUT2D eigenvalue weighted by atomic mass is 16.5. The highest BCUT2D eigenvalue weighted by Gasteiger charge is 2.25. The molecule has 0 heterocycles. The molecule has 0 aliphatic heterocycles. The monoisotopic (exact) mass is 285 g/mol. The molecular weight excluding hydrogens is 262 g/mol. The first-order valence-corrected chi connectivity index (χ1v) is 7.19. The molecule has 21 heavy (non-hydrogen) atoms. The van der Waals surface area contributed by atoms with E-state index >= 15 is 0 Å². The Kier molecular flexibility index (Phi) is 4.86. The summed E-state index contributed by atoms with van der Waals surface area (Å²) in [5, 5.41) is 0. The summed E-state index contributed by atoms with van der Waals surface area (Å²) in [5.74, 6) is 2.41. The van der Waals surface area contributed by atoms with Gasteiger partial charge in [-0.15, -0.1) is 0 Å². The Hall–Kier alpha value is -2.00. The summed E-state index contributed by atoms with van der Waals surface area (Å²) >= 11 is 0. The predicted octanol–water partition coefficient (Wildman–Crippen LogP) is 4.23. The minimum absolute atomic E-state index is 0.00790. The lowest BCUT2D eigenvalue weighted by molar-refractivity contribution is 0.0941. The van der Waals surface area contributed by atoms with Crippen molar-refractivity contribution in [3.8, 4) is 17.2 Å². The first-order chi connectivity index (χ1) is 9.99. The van der Waals surface area contributed by atoms with E-state index in [1.807, 2.05) is 54.6 Å². The molecule has 0 spiro atoms. The standard InChI is InChI=1S/C18H23NO2/c1-18(2,3)17(13-19)21-16-11-9-15(10-12-16)20-14-7-5-4-6-8-14/h4-12,17H,13,19H2,1-3H3. The molecule has 0 saturated heterocycles. The Morgan fingerprint density at radius 3 is 1.90 bits per heavy atom. The van der Waals surface area contributed by atoms with Crippen LogP contribution in [0.3, 0.4) is 0 Å². The van der Waals surface area contributed by atoms with Crippen LogP contribution < -0.4 is 15.2 Å². The molecule has 112 valence electrons. The third-order valence-electron chi connectivity index (χ3n) is 3.26. The SMILES string of the molecule is CC(C)(C)C(CN)Oc1ccc(Oc2ccccc2)cc1. The van der Waals surface area contributed by atoms with Gasteiger partial charge >= 0.3 is 0 Å². The third-order valence-corrected chi connectivity index (χ3v) is 3.26. The molecule has 2 aromatic carbocycles. The van der Waals surface area contributed by atoms with E-state index in [2.05, 4.69) is 20.8 Å². The normalized spacial score (nSPS) is 12.8. The van der Waals surface area contributed by atoms with Crippen LogP contribution >= 0.6 is 0 Å². The van der Waals surface area contributed by atoms with Gasteiger partial charge in [-0.3, -0.25) is 0 Å². The van der Waals surface area contributed by atoms with E-state index in [0.717, 1.165) is 17.2 Å². The van der Waals surface area contributed by atoms with Gasteiger partial charge in [0.2, 0.25) is 0 Å². The van der Waals surface area contributed by atoms with Crippen molar-refractivity contribution in [2.45, 2.75) is 26.9 Å². The van der Waals surface area contributed by atoms with Gasteiger partial charge in [0.25, 0.3) is 0 Å². The van der Waals surface area contributed by atoms with Crippen molar-refractivity contribution in [3.05, 3.63) is 54.6 Å². The summed E-state index contributed by atoms with van der Waals surface area (Å²) in [5.41, 5.74) is 5.80. The first-order valence-electron chi connectivity index (χ1n) is 7.19. The molecule has 2 aromatic rings. The number of nitrogens with two attached hydrogens (primary N) is 1. The zero-order valence-electron chi connectivity index (χ0n) is 12.9. The molecule has 1 unspecified atom stereocenters. The Morgan fingerprint density at radius 2 is 1.38 bits per heavy atom. The predicted molar refractivity (Wildman–Crippen MR) is 85.9 cm³/mol. The molecule has 2 N–H and O–H groups in total. The van der Waals surface area contributed by atoms with Crippen molar-refractivity contribution in [3.63, 3.8) is 0 Å². The number of hydrogen-bond acceptors (Lipinski definition) is 3. The molecule has 0 aliphatic rings. The maximum absolute atomic E-state index is 5.95. The van der Waals surface area contributed by atoms with Gasteiger partial charge in [0.05, 0.1) is 0 Å². The van der Waals surface area contributed by atoms with Crippen molar-refractivity contribution >= 4 is 0 Å². The van der Waals surface area contributed by atoms with Gasteiger partial charge in [-0.05, 0) is 36.4 Å². The average Bonchev–Trinajstić information content (AvgIpc) is 2.46. The smallest absolute Gasteiger partial charge is 0.127 e. The topological polar surface area (TPSA) is 44.5 Å². The maximum atomic E-state index is 5.95. The van der Waals surface area contributed by atoms with Crippen LogP contribution in [0, 0.1) is 5.41 Å². The summed E-state index contributed by atoms with van der Waals surface area (Å²) < 4.78 is 11.7. The molecular formula is C18H23NO2. The Morgan fingerprint density at radius 1 is 0.857 bits per heavy atom. The largest absolute Gasteiger partial charge is 0.489 e. The van der Waals surface area contributed by atoms with Gasteiger partial charge in [-0.1, -0.05) is 39.0 Å². The van der Waals surface area contributed by atoms with E-state index in [9.17, 15) is 0 Å². The van der Waals surface area contributed by atoms with E-state index in [4.69, 9.17) is 15.2 Å². The Labute approximate surface area is 126 Å². The summed E-state index contributed by atoms with van der Waals surface area (Å²) in [6, 6.07) is 17.3. The minimum Gasteiger partial charge on any atom is -0.489 e. The molecule has 0 radical (unpaired) electrons. The lowest BCUT2D eigenvalue weighted by Crippen LogP contribution is -2.38. The van der Waals surface area contributed by atoms with E-state index in [0.29, 0.717) is 6.54 Å². The highest BCUT2D eigenvalue weighted by Crippen LogP contribution is 2.27. The summed E-state index contributed by atoms with van der Waals surface area (Å²) in [6.07, 6.45) is -0.0154.